The van der Waals surface area contributed by atoms with Crippen molar-refractivity contribution in [3.05, 3.63) is 29.8 Å². The number of benzene rings is 1. The van der Waals surface area contributed by atoms with E-state index in [0.717, 1.165) is 24.2 Å². The van der Waals surface area contributed by atoms with E-state index in [1.165, 1.54) is 0 Å². The molecule has 4 heteroatoms. The molecule has 0 heterocycles. The third-order valence-electron chi connectivity index (χ3n) is 2.35. The monoisotopic (exact) mass is 259 g/mol. The second kappa shape index (κ2) is 8.34. The minimum atomic E-state index is -0.0675. The number of nitrogens with two attached hydrogens (primary N) is 1. The van der Waals surface area contributed by atoms with Crippen molar-refractivity contribution in [2.45, 2.75) is 38.8 Å². The number of ether oxygens (including phenoxy) is 1. The van der Waals surface area contributed by atoms with Crippen molar-refractivity contribution in [1.82, 2.24) is 0 Å². The average Bonchev–Trinajstić information content (AvgIpc) is 2.26. The van der Waals surface area contributed by atoms with Crippen molar-refractivity contribution in [2.24, 2.45) is 5.73 Å². The van der Waals surface area contributed by atoms with E-state index < -0.39 is 0 Å². The van der Waals surface area contributed by atoms with Gasteiger partial charge < -0.3 is 15.6 Å². The van der Waals surface area contributed by atoms with E-state index in [1.54, 1.807) is 0 Å². The van der Waals surface area contributed by atoms with Crippen LogP contribution >= 0.6 is 12.4 Å². The molecule has 1 atom stereocenters. The summed E-state index contributed by atoms with van der Waals surface area (Å²) in [4.78, 5) is 0. The molecule has 0 unspecified atom stereocenters. The number of para-hydroxylation sites is 1. The molecule has 0 amide bonds. The van der Waals surface area contributed by atoms with Crippen LogP contribution < -0.4 is 10.5 Å². The van der Waals surface area contributed by atoms with E-state index >= 15 is 0 Å². The molecule has 1 rings (SSSR count). The highest BCUT2D eigenvalue weighted by atomic mass is 35.5. The quantitative estimate of drug-likeness (QED) is 0.826. The first kappa shape index (κ1) is 16.2. The van der Waals surface area contributed by atoms with Gasteiger partial charge in [-0.15, -0.1) is 12.4 Å². The van der Waals surface area contributed by atoms with Gasteiger partial charge in [0.2, 0.25) is 0 Å². The zero-order valence-electron chi connectivity index (χ0n) is 10.4. The van der Waals surface area contributed by atoms with Crippen LogP contribution in [-0.4, -0.2) is 17.8 Å². The number of hydrogen-bond acceptors (Lipinski definition) is 3. The van der Waals surface area contributed by atoms with Crippen LogP contribution in [0.3, 0.4) is 0 Å². The van der Waals surface area contributed by atoms with Crippen molar-refractivity contribution in [1.29, 1.82) is 0 Å². The van der Waals surface area contributed by atoms with Crippen molar-refractivity contribution in [3.8, 4) is 5.75 Å². The molecule has 3 N–H and O–H groups in total. The molecule has 0 saturated heterocycles. The highest BCUT2D eigenvalue weighted by Crippen LogP contribution is 2.26. The Kier molecular flexibility index (Phi) is 7.96. The van der Waals surface area contributed by atoms with E-state index in [1.807, 2.05) is 38.1 Å². The highest BCUT2D eigenvalue weighted by Gasteiger charge is 2.12. The molecule has 0 aromatic heterocycles. The normalized spacial score (nSPS) is 12.1. The summed E-state index contributed by atoms with van der Waals surface area (Å²) in [6.45, 7) is 4.17. The zero-order chi connectivity index (χ0) is 12.0. The first-order valence-electron chi connectivity index (χ1n) is 5.77. The lowest BCUT2D eigenvalue weighted by Crippen LogP contribution is -2.14. The summed E-state index contributed by atoms with van der Waals surface area (Å²) in [5, 5.41) is 8.79. The lowest BCUT2D eigenvalue weighted by molar-refractivity contribution is 0.237. The van der Waals surface area contributed by atoms with Gasteiger partial charge in [0.1, 0.15) is 5.75 Å². The van der Waals surface area contributed by atoms with Crippen LogP contribution in [0.15, 0.2) is 24.3 Å². The van der Waals surface area contributed by atoms with Gasteiger partial charge in [0.05, 0.1) is 6.10 Å². The van der Waals surface area contributed by atoms with Gasteiger partial charge in [0.15, 0.2) is 0 Å². The molecule has 0 radical (unpaired) electrons. The zero-order valence-corrected chi connectivity index (χ0v) is 11.2. The van der Waals surface area contributed by atoms with Gasteiger partial charge in [0.25, 0.3) is 0 Å². The fraction of sp³-hybridized carbons (Fsp3) is 0.538. The Morgan fingerprint density at radius 1 is 1.29 bits per heavy atom. The summed E-state index contributed by atoms with van der Waals surface area (Å²) in [5.41, 5.74) is 7.08. The van der Waals surface area contributed by atoms with E-state index in [2.05, 4.69) is 0 Å². The summed E-state index contributed by atoms with van der Waals surface area (Å²) in [6.07, 6.45) is 1.64. The Bertz CT molecular complexity index is 318. The smallest absolute Gasteiger partial charge is 0.124 e. The van der Waals surface area contributed by atoms with Gasteiger partial charge in [-0.25, -0.2) is 0 Å². The number of halogens is 1. The number of aliphatic hydroxyl groups is 1. The Hall–Kier alpha value is -0.770. The third-order valence-corrected chi connectivity index (χ3v) is 2.35. The largest absolute Gasteiger partial charge is 0.491 e. The van der Waals surface area contributed by atoms with Crippen LogP contribution in [0.25, 0.3) is 0 Å². The molecule has 0 fully saturated rings. The SMILES string of the molecule is CC(C)Oc1ccccc1[C@H](N)CCCO.Cl. The number of rotatable bonds is 6. The van der Waals surface area contributed by atoms with E-state index in [-0.39, 0.29) is 31.2 Å². The first-order chi connectivity index (χ1) is 7.65. The van der Waals surface area contributed by atoms with Gasteiger partial charge in [-0.3, -0.25) is 0 Å². The molecule has 17 heavy (non-hydrogen) atoms. The summed E-state index contributed by atoms with van der Waals surface area (Å²) in [5.74, 6) is 0.850. The fourth-order valence-electron chi connectivity index (χ4n) is 1.61. The van der Waals surface area contributed by atoms with E-state index in [4.69, 9.17) is 15.6 Å². The summed E-state index contributed by atoms with van der Waals surface area (Å²) < 4.78 is 5.70. The van der Waals surface area contributed by atoms with Gasteiger partial charge in [0, 0.05) is 18.2 Å². The topological polar surface area (TPSA) is 55.5 Å². The first-order valence-corrected chi connectivity index (χ1v) is 5.77. The summed E-state index contributed by atoms with van der Waals surface area (Å²) in [7, 11) is 0. The molecule has 1 aromatic rings. The lowest BCUT2D eigenvalue weighted by atomic mass is 10.0. The van der Waals surface area contributed by atoms with Crippen LogP contribution in [0.2, 0.25) is 0 Å². The molecule has 0 aliphatic rings. The molecule has 1 aromatic carbocycles. The molecule has 0 saturated carbocycles. The standard InChI is InChI=1S/C13H21NO2.ClH/c1-10(2)16-13-8-4-3-6-11(13)12(14)7-5-9-15;/h3-4,6,8,10,12,15H,5,7,9,14H2,1-2H3;1H/t12-;/m1./s1. The Balaban J connectivity index is 0.00000256. The highest BCUT2D eigenvalue weighted by molar-refractivity contribution is 5.85. The van der Waals surface area contributed by atoms with Gasteiger partial charge >= 0.3 is 0 Å². The van der Waals surface area contributed by atoms with Crippen molar-refractivity contribution >= 4 is 12.4 Å². The van der Waals surface area contributed by atoms with E-state index in [9.17, 15) is 0 Å². The Labute approximate surface area is 109 Å². The van der Waals surface area contributed by atoms with Crippen molar-refractivity contribution in [2.75, 3.05) is 6.61 Å². The second-order valence-electron chi connectivity index (χ2n) is 4.18. The average molecular weight is 260 g/mol. The van der Waals surface area contributed by atoms with Crippen LogP contribution in [-0.2, 0) is 0 Å². The summed E-state index contributed by atoms with van der Waals surface area (Å²) in [6, 6.07) is 7.76. The Morgan fingerprint density at radius 2 is 1.94 bits per heavy atom. The fourth-order valence-corrected chi connectivity index (χ4v) is 1.61. The van der Waals surface area contributed by atoms with Crippen LogP contribution in [0.4, 0.5) is 0 Å². The molecule has 3 nitrogen and oxygen atoms in total. The van der Waals surface area contributed by atoms with Crippen LogP contribution in [0.1, 0.15) is 38.3 Å². The maximum absolute atomic E-state index is 8.79. The second-order valence-corrected chi connectivity index (χ2v) is 4.18. The molecule has 0 aliphatic carbocycles. The molecule has 0 spiro atoms. The lowest BCUT2D eigenvalue weighted by Gasteiger charge is -2.18. The molecule has 0 bridgehead atoms. The third kappa shape index (κ3) is 5.39. The summed E-state index contributed by atoms with van der Waals surface area (Å²) >= 11 is 0. The van der Waals surface area contributed by atoms with Gasteiger partial charge in [-0.2, -0.15) is 0 Å². The number of aliphatic hydroxyl groups excluding tert-OH is 1. The maximum Gasteiger partial charge on any atom is 0.124 e. The Morgan fingerprint density at radius 3 is 2.53 bits per heavy atom. The predicted molar refractivity (Wildman–Crippen MR) is 72.7 cm³/mol. The van der Waals surface area contributed by atoms with Gasteiger partial charge in [-0.05, 0) is 32.8 Å². The van der Waals surface area contributed by atoms with E-state index in [0.29, 0.717) is 0 Å². The predicted octanol–water partition coefficient (Wildman–Crippen LogP) is 2.67. The van der Waals surface area contributed by atoms with Crippen molar-refractivity contribution < 1.29 is 9.84 Å². The van der Waals surface area contributed by atoms with Crippen LogP contribution in [0, 0.1) is 0 Å². The molecule has 0 aliphatic heterocycles. The number of hydrogen-bond donors (Lipinski definition) is 2. The minimum Gasteiger partial charge on any atom is -0.491 e. The molecular formula is C13H22ClNO2. The maximum atomic E-state index is 8.79. The minimum absolute atomic E-state index is 0. The van der Waals surface area contributed by atoms with Crippen LogP contribution in [0.5, 0.6) is 5.75 Å². The van der Waals surface area contributed by atoms with Crippen molar-refractivity contribution in [3.63, 3.8) is 0 Å². The van der Waals surface area contributed by atoms with Gasteiger partial charge in [-0.1, -0.05) is 18.2 Å². The molecule has 98 valence electrons. The molecular weight excluding hydrogens is 238 g/mol.